The number of H-pyrrole nitrogens is 1. The molecule has 0 spiro atoms. The predicted octanol–water partition coefficient (Wildman–Crippen LogP) is 0.970. The topological polar surface area (TPSA) is 86.3 Å². The molecule has 0 aliphatic rings. The smallest absolute Gasteiger partial charge is 0.137 e. The van der Waals surface area contributed by atoms with Crippen LogP contribution in [0.1, 0.15) is 26.0 Å². The van der Waals surface area contributed by atoms with Crippen LogP contribution in [-0.4, -0.2) is 54.2 Å². The molecule has 1 aromatic rings. The third-order valence-electron chi connectivity index (χ3n) is 2.60. The van der Waals surface area contributed by atoms with Gasteiger partial charge in [-0.25, -0.2) is 0 Å². The largest absolute Gasteiger partial charge is 0.379 e. The molecule has 114 valence electrons. The zero-order valence-corrected chi connectivity index (χ0v) is 12.1. The summed E-state index contributed by atoms with van der Waals surface area (Å²) in [6.45, 7) is 6.67. The normalized spacial score (nSPS) is 11.2. The molecule has 0 unspecified atom stereocenters. The molecule has 0 amide bonds. The van der Waals surface area contributed by atoms with Gasteiger partial charge in [0, 0.05) is 18.5 Å². The predicted molar refractivity (Wildman–Crippen MR) is 72.1 cm³/mol. The summed E-state index contributed by atoms with van der Waals surface area (Å²) >= 11 is 0. The van der Waals surface area contributed by atoms with Crippen LogP contribution in [0.25, 0.3) is 0 Å². The third-order valence-corrected chi connectivity index (χ3v) is 2.60. The SMILES string of the molecule is CC(C)C(=O)CCOCCOCCOCc1c[nH]nn1. The fourth-order valence-electron chi connectivity index (χ4n) is 1.37. The zero-order chi connectivity index (χ0) is 14.6. The van der Waals surface area contributed by atoms with Crippen LogP contribution in [0.5, 0.6) is 0 Å². The van der Waals surface area contributed by atoms with Crippen LogP contribution in [-0.2, 0) is 25.6 Å². The average Bonchev–Trinajstić information content (AvgIpc) is 2.93. The van der Waals surface area contributed by atoms with Gasteiger partial charge in [-0.15, -0.1) is 5.10 Å². The van der Waals surface area contributed by atoms with Crippen molar-refractivity contribution in [1.29, 1.82) is 0 Å². The first-order valence-electron chi connectivity index (χ1n) is 6.81. The van der Waals surface area contributed by atoms with Gasteiger partial charge in [0.1, 0.15) is 11.5 Å². The van der Waals surface area contributed by atoms with E-state index >= 15 is 0 Å². The van der Waals surface area contributed by atoms with E-state index in [-0.39, 0.29) is 11.7 Å². The Morgan fingerprint density at radius 1 is 1.15 bits per heavy atom. The number of rotatable bonds is 12. The molecule has 0 radical (unpaired) electrons. The number of ketones is 1. The summed E-state index contributed by atoms with van der Waals surface area (Å²) in [5.74, 6) is 0.309. The Kier molecular flexibility index (Phi) is 8.77. The van der Waals surface area contributed by atoms with Crippen molar-refractivity contribution >= 4 is 5.78 Å². The van der Waals surface area contributed by atoms with Gasteiger partial charge in [0.15, 0.2) is 0 Å². The summed E-state index contributed by atoms with van der Waals surface area (Å²) in [6, 6.07) is 0. The number of nitrogens with zero attached hydrogens (tertiary/aromatic N) is 2. The van der Waals surface area contributed by atoms with E-state index in [4.69, 9.17) is 14.2 Å². The molecule has 20 heavy (non-hydrogen) atoms. The van der Waals surface area contributed by atoms with Gasteiger partial charge in [-0.1, -0.05) is 19.1 Å². The van der Waals surface area contributed by atoms with Gasteiger partial charge in [-0.05, 0) is 0 Å². The van der Waals surface area contributed by atoms with Crippen LogP contribution in [0.2, 0.25) is 0 Å². The summed E-state index contributed by atoms with van der Waals surface area (Å²) in [7, 11) is 0. The number of aromatic amines is 1. The molecule has 0 aromatic carbocycles. The van der Waals surface area contributed by atoms with Gasteiger partial charge < -0.3 is 14.2 Å². The number of aromatic nitrogens is 3. The maximum absolute atomic E-state index is 11.3. The van der Waals surface area contributed by atoms with Crippen molar-refractivity contribution in [3.8, 4) is 0 Å². The van der Waals surface area contributed by atoms with Crippen LogP contribution in [0.3, 0.4) is 0 Å². The Hall–Kier alpha value is -1.31. The monoisotopic (exact) mass is 285 g/mol. The maximum atomic E-state index is 11.3. The fourth-order valence-corrected chi connectivity index (χ4v) is 1.37. The highest BCUT2D eigenvalue weighted by Gasteiger charge is 2.05. The highest BCUT2D eigenvalue weighted by atomic mass is 16.5. The molecule has 0 aliphatic carbocycles. The molecule has 0 bridgehead atoms. The maximum Gasteiger partial charge on any atom is 0.137 e. The Morgan fingerprint density at radius 2 is 1.80 bits per heavy atom. The fraction of sp³-hybridized carbons (Fsp3) is 0.769. The van der Waals surface area contributed by atoms with Gasteiger partial charge in [-0.2, -0.15) is 0 Å². The number of hydrogen-bond donors (Lipinski definition) is 1. The lowest BCUT2D eigenvalue weighted by molar-refractivity contribution is -0.123. The second-order valence-electron chi connectivity index (χ2n) is 4.61. The highest BCUT2D eigenvalue weighted by Crippen LogP contribution is 1.98. The minimum Gasteiger partial charge on any atom is -0.379 e. The van der Waals surface area contributed by atoms with E-state index in [9.17, 15) is 4.79 Å². The molecule has 0 saturated heterocycles. The number of carbonyl (C=O) groups is 1. The molecule has 0 saturated carbocycles. The summed E-state index contributed by atoms with van der Waals surface area (Å²) < 4.78 is 16.0. The highest BCUT2D eigenvalue weighted by molar-refractivity contribution is 5.80. The lowest BCUT2D eigenvalue weighted by Gasteiger charge is -2.07. The molecule has 1 aromatic heterocycles. The van der Waals surface area contributed by atoms with Crippen molar-refractivity contribution < 1.29 is 19.0 Å². The summed E-state index contributed by atoms with van der Waals surface area (Å²) in [5.41, 5.74) is 0.767. The molecule has 0 aliphatic heterocycles. The van der Waals surface area contributed by atoms with Gasteiger partial charge >= 0.3 is 0 Å². The zero-order valence-electron chi connectivity index (χ0n) is 12.1. The van der Waals surface area contributed by atoms with Crippen molar-refractivity contribution in [3.05, 3.63) is 11.9 Å². The molecule has 0 fully saturated rings. The van der Waals surface area contributed by atoms with E-state index in [0.717, 1.165) is 5.69 Å². The van der Waals surface area contributed by atoms with Crippen molar-refractivity contribution in [2.24, 2.45) is 5.92 Å². The van der Waals surface area contributed by atoms with Crippen LogP contribution < -0.4 is 0 Å². The average molecular weight is 285 g/mol. The Morgan fingerprint density at radius 3 is 2.40 bits per heavy atom. The van der Waals surface area contributed by atoms with E-state index in [1.54, 1.807) is 6.20 Å². The van der Waals surface area contributed by atoms with Crippen molar-refractivity contribution in [1.82, 2.24) is 15.4 Å². The Labute approximate surface area is 119 Å². The van der Waals surface area contributed by atoms with Gasteiger partial charge in [-0.3, -0.25) is 9.89 Å². The van der Waals surface area contributed by atoms with E-state index in [2.05, 4.69) is 15.4 Å². The Balaban J connectivity index is 1.80. The van der Waals surface area contributed by atoms with Gasteiger partial charge in [0.05, 0.1) is 39.6 Å². The molecular weight excluding hydrogens is 262 g/mol. The van der Waals surface area contributed by atoms with Gasteiger partial charge in [0.25, 0.3) is 0 Å². The lowest BCUT2D eigenvalue weighted by atomic mass is 10.1. The number of Topliss-reactive ketones (excluding diaryl/α,β-unsaturated/α-hetero) is 1. The molecule has 1 heterocycles. The van der Waals surface area contributed by atoms with Crippen LogP contribution in [0.4, 0.5) is 0 Å². The lowest BCUT2D eigenvalue weighted by Crippen LogP contribution is -2.13. The number of carbonyl (C=O) groups excluding carboxylic acids is 1. The first-order valence-corrected chi connectivity index (χ1v) is 6.81. The second kappa shape index (κ2) is 10.5. The summed E-state index contributed by atoms with van der Waals surface area (Å²) in [5, 5.41) is 9.98. The molecule has 0 atom stereocenters. The van der Waals surface area contributed by atoms with Crippen LogP contribution >= 0.6 is 0 Å². The van der Waals surface area contributed by atoms with Crippen molar-refractivity contribution in [2.75, 3.05) is 33.0 Å². The van der Waals surface area contributed by atoms with Crippen molar-refractivity contribution in [2.45, 2.75) is 26.9 Å². The number of ether oxygens (including phenoxy) is 3. The molecule has 7 nitrogen and oxygen atoms in total. The number of hydrogen-bond acceptors (Lipinski definition) is 6. The second-order valence-corrected chi connectivity index (χ2v) is 4.61. The summed E-state index contributed by atoms with van der Waals surface area (Å²) in [4.78, 5) is 11.3. The number of nitrogens with one attached hydrogen (secondary N) is 1. The third kappa shape index (κ3) is 7.98. The van der Waals surface area contributed by atoms with E-state index in [0.29, 0.717) is 46.1 Å². The molecular formula is C13H23N3O4. The first kappa shape index (κ1) is 16.7. The Bertz CT molecular complexity index is 355. The molecule has 1 N–H and O–H groups in total. The van der Waals surface area contributed by atoms with Crippen molar-refractivity contribution in [3.63, 3.8) is 0 Å². The van der Waals surface area contributed by atoms with E-state index < -0.39 is 0 Å². The van der Waals surface area contributed by atoms with Gasteiger partial charge in [0.2, 0.25) is 0 Å². The molecule has 7 heteroatoms. The van der Waals surface area contributed by atoms with Crippen LogP contribution in [0.15, 0.2) is 6.20 Å². The van der Waals surface area contributed by atoms with E-state index in [1.807, 2.05) is 13.8 Å². The standard InChI is InChI=1S/C13H23N3O4/c1-11(2)13(17)3-4-18-5-6-19-7-8-20-10-12-9-14-16-15-12/h9,11H,3-8,10H2,1-2H3,(H,14,15,16). The van der Waals surface area contributed by atoms with E-state index in [1.165, 1.54) is 0 Å². The quantitative estimate of drug-likeness (QED) is 0.576. The van der Waals surface area contributed by atoms with Crippen LogP contribution in [0, 0.1) is 5.92 Å². The first-order chi connectivity index (χ1) is 9.70. The summed E-state index contributed by atoms with van der Waals surface area (Å²) in [6.07, 6.45) is 2.16. The minimum absolute atomic E-state index is 0.0803. The minimum atomic E-state index is 0.0803. The molecule has 1 rings (SSSR count).